The van der Waals surface area contributed by atoms with E-state index in [4.69, 9.17) is 0 Å². The van der Waals surface area contributed by atoms with Crippen molar-refractivity contribution in [2.45, 2.75) is 63.2 Å². The van der Waals surface area contributed by atoms with Crippen LogP contribution in [-0.4, -0.2) is 10.9 Å². The molecule has 8 atom stereocenters. The van der Waals surface area contributed by atoms with E-state index >= 15 is 0 Å². The van der Waals surface area contributed by atoms with Crippen LogP contribution in [0.3, 0.4) is 0 Å². The molecular formula is C31H36BrN. The van der Waals surface area contributed by atoms with Gasteiger partial charge in [-0.2, -0.15) is 0 Å². The van der Waals surface area contributed by atoms with Crippen molar-refractivity contribution >= 4 is 27.7 Å². The highest BCUT2D eigenvalue weighted by Crippen LogP contribution is 2.59. The number of rotatable bonds is 4. The van der Waals surface area contributed by atoms with Gasteiger partial charge < -0.3 is 4.90 Å². The van der Waals surface area contributed by atoms with Gasteiger partial charge in [0.1, 0.15) is 0 Å². The lowest BCUT2D eigenvalue weighted by Crippen LogP contribution is -2.47. The van der Waals surface area contributed by atoms with Crippen molar-refractivity contribution < 1.29 is 0 Å². The molecule has 2 fully saturated rings. The van der Waals surface area contributed by atoms with E-state index in [1.165, 1.54) is 42.6 Å². The standard InChI is InChI=1S/C31H36BrN/c1-19-17-28-27(25(19)16-15-23-14-13-22-9-7-8-12-26(22)23)18-29-30(31(28)32)20(2)21(3)33(29)24-10-5-4-6-11-24/h4-14,19,23,25,27-31H,15-18H2,1-3H3. The van der Waals surface area contributed by atoms with Crippen molar-refractivity contribution in [3.05, 3.63) is 83.1 Å². The van der Waals surface area contributed by atoms with Gasteiger partial charge in [0.25, 0.3) is 0 Å². The Morgan fingerprint density at radius 2 is 1.67 bits per heavy atom. The Labute approximate surface area is 208 Å². The van der Waals surface area contributed by atoms with Crippen molar-refractivity contribution in [3.63, 3.8) is 0 Å². The van der Waals surface area contributed by atoms with Crippen LogP contribution in [-0.2, 0) is 0 Å². The van der Waals surface area contributed by atoms with Gasteiger partial charge in [0, 0.05) is 34.1 Å². The first-order chi connectivity index (χ1) is 16.0. The second kappa shape index (κ2) is 8.45. The third kappa shape index (κ3) is 3.47. The molecule has 0 amide bonds. The monoisotopic (exact) mass is 501 g/mol. The van der Waals surface area contributed by atoms with E-state index in [0.717, 1.165) is 23.7 Å². The van der Waals surface area contributed by atoms with Crippen molar-refractivity contribution in [2.24, 2.45) is 29.6 Å². The number of para-hydroxylation sites is 1. The molecule has 0 N–H and O–H groups in total. The summed E-state index contributed by atoms with van der Waals surface area (Å²) in [4.78, 5) is 3.28. The second-order valence-corrected chi connectivity index (χ2v) is 12.2. The maximum atomic E-state index is 4.29. The molecule has 2 saturated carbocycles. The van der Waals surface area contributed by atoms with E-state index in [2.05, 4.69) is 108 Å². The summed E-state index contributed by atoms with van der Waals surface area (Å²) in [7, 11) is 0. The number of benzene rings is 2. The summed E-state index contributed by atoms with van der Waals surface area (Å²) in [5, 5.41) is 0. The number of hydrogen-bond acceptors (Lipinski definition) is 1. The fourth-order valence-corrected chi connectivity index (χ4v) is 9.39. The maximum Gasteiger partial charge on any atom is 0.0418 e. The number of fused-ring (bicyclic) bond motifs is 3. The summed E-state index contributed by atoms with van der Waals surface area (Å²) in [5.74, 6) is 4.57. The third-order valence-corrected chi connectivity index (χ3v) is 10.9. The molecule has 33 heavy (non-hydrogen) atoms. The van der Waals surface area contributed by atoms with E-state index in [9.17, 15) is 0 Å². The molecule has 2 aromatic carbocycles. The zero-order chi connectivity index (χ0) is 22.7. The molecule has 0 saturated heterocycles. The molecule has 0 bridgehead atoms. The molecule has 6 rings (SSSR count). The highest BCUT2D eigenvalue weighted by molar-refractivity contribution is 9.09. The first kappa shape index (κ1) is 21.7. The maximum absolute atomic E-state index is 4.29. The molecule has 4 aliphatic rings. The normalized spacial score (nSPS) is 36.8. The van der Waals surface area contributed by atoms with Crippen molar-refractivity contribution in [1.29, 1.82) is 0 Å². The molecule has 0 spiro atoms. The van der Waals surface area contributed by atoms with Gasteiger partial charge in [-0.05, 0) is 92.0 Å². The van der Waals surface area contributed by atoms with Crippen LogP contribution in [0.15, 0.2) is 71.9 Å². The summed E-state index contributed by atoms with van der Waals surface area (Å²) in [6.07, 6.45) is 10.2. The fraction of sp³-hybridized carbons (Fsp3) is 0.484. The Hall–Kier alpha value is -1.80. The Morgan fingerprint density at radius 3 is 2.48 bits per heavy atom. The average molecular weight is 503 g/mol. The zero-order valence-corrected chi connectivity index (χ0v) is 21.7. The van der Waals surface area contributed by atoms with Crippen LogP contribution in [0.25, 0.3) is 6.08 Å². The van der Waals surface area contributed by atoms with Crippen LogP contribution < -0.4 is 4.90 Å². The molecule has 2 aromatic rings. The van der Waals surface area contributed by atoms with Gasteiger partial charge in [0.2, 0.25) is 0 Å². The summed E-state index contributed by atoms with van der Waals surface area (Å²) in [6, 6.07) is 20.7. The smallest absolute Gasteiger partial charge is 0.0418 e. The highest BCUT2D eigenvalue weighted by atomic mass is 79.9. The van der Waals surface area contributed by atoms with Crippen molar-refractivity contribution in [3.8, 4) is 0 Å². The Balaban J connectivity index is 1.24. The van der Waals surface area contributed by atoms with Crippen LogP contribution in [0.4, 0.5) is 5.69 Å². The van der Waals surface area contributed by atoms with E-state index in [1.807, 2.05) is 0 Å². The van der Waals surface area contributed by atoms with E-state index < -0.39 is 0 Å². The predicted octanol–water partition coefficient (Wildman–Crippen LogP) is 8.43. The summed E-state index contributed by atoms with van der Waals surface area (Å²) in [5.41, 5.74) is 7.44. The Morgan fingerprint density at radius 1 is 0.909 bits per heavy atom. The molecule has 0 radical (unpaired) electrons. The minimum absolute atomic E-state index is 0.595. The van der Waals surface area contributed by atoms with E-state index in [0.29, 0.717) is 22.7 Å². The third-order valence-electron chi connectivity index (χ3n) is 9.67. The number of allylic oxidation sites excluding steroid dienone is 2. The molecule has 1 heterocycles. The van der Waals surface area contributed by atoms with Gasteiger partial charge in [-0.15, -0.1) is 0 Å². The minimum Gasteiger partial charge on any atom is -0.342 e. The fourth-order valence-electron chi connectivity index (χ4n) is 8.03. The number of halogens is 1. The van der Waals surface area contributed by atoms with Crippen LogP contribution in [0, 0.1) is 29.6 Å². The quantitative estimate of drug-likeness (QED) is 0.379. The SMILES string of the molecule is CC1=C(C)N(c2ccccc2)C2CC3C(CCC4C=Cc5ccccc54)C(C)CC3C(Br)C12. The number of nitrogens with zero attached hydrogens (tertiary/aromatic N) is 1. The van der Waals surface area contributed by atoms with Gasteiger partial charge in [0.05, 0.1) is 0 Å². The predicted molar refractivity (Wildman–Crippen MR) is 144 cm³/mol. The second-order valence-electron chi connectivity index (χ2n) is 11.1. The van der Waals surface area contributed by atoms with Crippen molar-refractivity contribution in [1.82, 2.24) is 0 Å². The van der Waals surface area contributed by atoms with Gasteiger partial charge >= 0.3 is 0 Å². The van der Waals surface area contributed by atoms with E-state index in [-0.39, 0.29) is 0 Å². The van der Waals surface area contributed by atoms with Crippen molar-refractivity contribution in [2.75, 3.05) is 4.90 Å². The van der Waals surface area contributed by atoms with Gasteiger partial charge in [0.15, 0.2) is 0 Å². The van der Waals surface area contributed by atoms with Gasteiger partial charge in [-0.1, -0.05) is 77.5 Å². The number of hydrogen-bond donors (Lipinski definition) is 0. The average Bonchev–Trinajstić information content (AvgIpc) is 3.46. The highest BCUT2D eigenvalue weighted by Gasteiger charge is 2.55. The van der Waals surface area contributed by atoms with Gasteiger partial charge in [-0.25, -0.2) is 0 Å². The lowest BCUT2D eigenvalue weighted by atomic mass is 9.68. The van der Waals surface area contributed by atoms with Crippen LogP contribution in [0.1, 0.15) is 63.5 Å². The lowest BCUT2D eigenvalue weighted by Gasteiger charge is -2.45. The number of alkyl halides is 1. The molecule has 172 valence electrons. The Bertz CT molecular complexity index is 1090. The van der Waals surface area contributed by atoms with Crippen LogP contribution in [0.5, 0.6) is 0 Å². The number of anilines is 1. The van der Waals surface area contributed by atoms with E-state index in [1.54, 1.807) is 11.1 Å². The first-order valence-electron chi connectivity index (χ1n) is 13.0. The minimum atomic E-state index is 0.595. The Kier molecular flexibility index (Phi) is 5.56. The molecule has 0 aromatic heterocycles. The largest absolute Gasteiger partial charge is 0.342 e. The molecule has 8 unspecified atom stereocenters. The molecule has 1 nitrogen and oxygen atoms in total. The molecular weight excluding hydrogens is 466 g/mol. The molecule has 1 aliphatic heterocycles. The van der Waals surface area contributed by atoms with Gasteiger partial charge in [-0.3, -0.25) is 0 Å². The molecule has 2 heteroatoms. The summed E-state index contributed by atoms with van der Waals surface area (Å²) in [6.45, 7) is 7.28. The molecule has 3 aliphatic carbocycles. The lowest BCUT2D eigenvalue weighted by molar-refractivity contribution is 0.173. The first-order valence-corrected chi connectivity index (χ1v) is 13.9. The summed E-state index contributed by atoms with van der Waals surface area (Å²) < 4.78 is 0. The zero-order valence-electron chi connectivity index (χ0n) is 20.1. The van der Waals surface area contributed by atoms with Crippen LogP contribution >= 0.6 is 15.9 Å². The summed E-state index contributed by atoms with van der Waals surface area (Å²) >= 11 is 4.29. The van der Waals surface area contributed by atoms with Crippen LogP contribution in [0.2, 0.25) is 0 Å². The topological polar surface area (TPSA) is 3.24 Å².